The first-order valence-electron chi connectivity index (χ1n) is 11.3. The van der Waals surface area contributed by atoms with Crippen molar-refractivity contribution in [1.29, 1.82) is 0 Å². The second-order valence-electron chi connectivity index (χ2n) is 8.12. The van der Waals surface area contributed by atoms with Crippen LogP contribution < -0.4 is 5.73 Å². The highest BCUT2D eigenvalue weighted by molar-refractivity contribution is 5.80. The molecular weight excluding hydrogens is 400 g/mol. The van der Waals surface area contributed by atoms with Crippen LogP contribution in [-0.2, 0) is 13.0 Å². The number of hydrogen-bond donors (Lipinski definition) is 2. The third kappa shape index (κ3) is 5.08. The van der Waals surface area contributed by atoms with Gasteiger partial charge in [0.2, 0.25) is 5.82 Å². The molecule has 166 valence electrons. The fourth-order valence-corrected chi connectivity index (χ4v) is 3.78. The number of aromatic amines is 1. The van der Waals surface area contributed by atoms with Crippen molar-refractivity contribution in [3.8, 4) is 22.5 Å². The normalized spacial score (nSPS) is 12.2. The quantitative estimate of drug-likeness (QED) is 0.363. The lowest BCUT2D eigenvalue weighted by Gasteiger charge is -2.09. The largest absolute Gasteiger partial charge is 0.321 e. The van der Waals surface area contributed by atoms with E-state index in [1.165, 1.54) is 24.8 Å². The van der Waals surface area contributed by atoms with Crippen LogP contribution in [0.3, 0.4) is 0 Å². The second-order valence-corrected chi connectivity index (χ2v) is 8.12. The standard InChI is InChI=1S/C24H30N8/c1-3-4-5-6-11-22-26-23(17(2)25)29-32(22)16-18-12-14-19(15-13-18)20-9-7-8-10-21(20)24-27-30-31-28-24/h7-10,12-15,17H,3-6,11,16,25H2,1-2H3,(H,27,28,30,31). The van der Waals surface area contributed by atoms with Crippen LogP contribution in [0.1, 0.15) is 62.8 Å². The number of unbranched alkanes of at least 4 members (excludes halogenated alkanes) is 3. The van der Waals surface area contributed by atoms with Crippen LogP contribution in [0.25, 0.3) is 22.5 Å². The number of nitrogens with two attached hydrogens (primary N) is 1. The van der Waals surface area contributed by atoms with Crippen molar-refractivity contribution in [2.75, 3.05) is 0 Å². The van der Waals surface area contributed by atoms with Gasteiger partial charge in [-0.1, -0.05) is 74.7 Å². The summed E-state index contributed by atoms with van der Waals surface area (Å²) in [6.45, 7) is 4.83. The molecule has 2 heterocycles. The van der Waals surface area contributed by atoms with Crippen LogP contribution in [-0.4, -0.2) is 35.4 Å². The van der Waals surface area contributed by atoms with Gasteiger partial charge in [-0.05, 0) is 35.2 Å². The van der Waals surface area contributed by atoms with E-state index in [0.717, 1.165) is 35.4 Å². The zero-order chi connectivity index (χ0) is 22.3. The maximum atomic E-state index is 6.05. The minimum atomic E-state index is -0.172. The Morgan fingerprint density at radius 1 is 1.00 bits per heavy atom. The lowest BCUT2D eigenvalue weighted by Crippen LogP contribution is -2.09. The van der Waals surface area contributed by atoms with Gasteiger partial charge < -0.3 is 5.73 Å². The number of benzene rings is 2. The van der Waals surface area contributed by atoms with Crippen molar-refractivity contribution in [3.63, 3.8) is 0 Å². The van der Waals surface area contributed by atoms with Crippen molar-refractivity contribution in [2.24, 2.45) is 5.73 Å². The number of H-pyrrole nitrogens is 1. The molecule has 2 aromatic carbocycles. The monoisotopic (exact) mass is 430 g/mol. The van der Waals surface area contributed by atoms with Crippen LogP contribution in [0, 0.1) is 0 Å². The molecule has 2 aromatic heterocycles. The van der Waals surface area contributed by atoms with E-state index in [0.29, 0.717) is 18.2 Å². The Balaban J connectivity index is 1.54. The third-order valence-electron chi connectivity index (χ3n) is 5.54. The molecule has 0 amide bonds. The SMILES string of the molecule is CCCCCCc1nc(C(C)N)nn1Cc1ccc(-c2ccccc2-c2nn[nH]n2)cc1. The van der Waals surface area contributed by atoms with Crippen molar-refractivity contribution in [1.82, 2.24) is 35.4 Å². The average Bonchev–Trinajstić information content (AvgIpc) is 3.48. The Labute approximate surface area is 188 Å². The van der Waals surface area contributed by atoms with Gasteiger partial charge >= 0.3 is 0 Å². The maximum Gasteiger partial charge on any atom is 0.205 e. The molecule has 0 saturated heterocycles. The van der Waals surface area contributed by atoms with Crippen molar-refractivity contribution in [3.05, 3.63) is 65.7 Å². The molecule has 0 fully saturated rings. The smallest absolute Gasteiger partial charge is 0.205 e. The van der Waals surface area contributed by atoms with E-state index in [9.17, 15) is 0 Å². The summed E-state index contributed by atoms with van der Waals surface area (Å²) >= 11 is 0. The van der Waals surface area contributed by atoms with Crippen LogP contribution in [0.4, 0.5) is 0 Å². The summed E-state index contributed by atoms with van der Waals surface area (Å²) in [7, 11) is 0. The minimum absolute atomic E-state index is 0.172. The Kier molecular flexibility index (Phi) is 7.01. The Morgan fingerprint density at radius 3 is 2.47 bits per heavy atom. The molecule has 0 saturated carbocycles. The molecule has 4 rings (SSSR count). The summed E-state index contributed by atoms with van der Waals surface area (Å²) in [5.74, 6) is 2.31. The summed E-state index contributed by atoms with van der Waals surface area (Å²) in [5.41, 5.74) is 10.3. The molecule has 3 N–H and O–H groups in total. The van der Waals surface area contributed by atoms with Gasteiger partial charge in [-0.3, -0.25) is 0 Å². The molecule has 0 aliphatic rings. The number of rotatable bonds is 10. The van der Waals surface area contributed by atoms with Crippen LogP contribution in [0.5, 0.6) is 0 Å². The Bertz CT molecular complexity index is 1110. The fraction of sp³-hybridized carbons (Fsp3) is 0.375. The minimum Gasteiger partial charge on any atom is -0.321 e. The summed E-state index contributed by atoms with van der Waals surface area (Å²) < 4.78 is 2.01. The van der Waals surface area contributed by atoms with Crippen molar-refractivity contribution in [2.45, 2.75) is 58.5 Å². The molecule has 1 unspecified atom stereocenters. The maximum absolute atomic E-state index is 6.05. The molecule has 4 aromatic rings. The third-order valence-corrected chi connectivity index (χ3v) is 5.54. The van der Waals surface area contributed by atoms with Crippen LogP contribution in [0.2, 0.25) is 0 Å². The van der Waals surface area contributed by atoms with Gasteiger partial charge in [0.15, 0.2) is 5.82 Å². The zero-order valence-corrected chi connectivity index (χ0v) is 18.7. The van der Waals surface area contributed by atoms with E-state index >= 15 is 0 Å². The average molecular weight is 431 g/mol. The van der Waals surface area contributed by atoms with E-state index in [2.05, 4.69) is 63.0 Å². The van der Waals surface area contributed by atoms with Crippen molar-refractivity contribution >= 4 is 0 Å². The number of nitrogens with one attached hydrogen (secondary N) is 1. The highest BCUT2D eigenvalue weighted by Crippen LogP contribution is 2.29. The number of hydrogen-bond acceptors (Lipinski definition) is 6. The molecule has 32 heavy (non-hydrogen) atoms. The van der Waals surface area contributed by atoms with E-state index < -0.39 is 0 Å². The van der Waals surface area contributed by atoms with Crippen molar-refractivity contribution < 1.29 is 0 Å². The van der Waals surface area contributed by atoms with Crippen LogP contribution >= 0.6 is 0 Å². The molecular formula is C24H30N8. The Hall–Kier alpha value is -3.39. The van der Waals surface area contributed by atoms with E-state index in [1.54, 1.807) is 0 Å². The molecule has 8 nitrogen and oxygen atoms in total. The van der Waals surface area contributed by atoms with Gasteiger partial charge in [-0.25, -0.2) is 9.67 Å². The van der Waals surface area contributed by atoms with Gasteiger partial charge in [0.1, 0.15) is 5.82 Å². The molecule has 0 bridgehead atoms. The van der Waals surface area contributed by atoms with Gasteiger partial charge in [-0.2, -0.15) is 10.3 Å². The predicted molar refractivity (Wildman–Crippen MR) is 125 cm³/mol. The first kappa shape index (κ1) is 21.8. The van der Waals surface area contributed by atoms with Gasteiger partial charge in [0.05, 0.1) is 12.6 Å². The van der Waals surface area contributed by atoms with Gasteiger partial charge in [0.25, 0.3) is 0 Å². The molecule has 0 aliphatic heterocycles. The summed E-state index contributed by atoms with van der Waals surface area (Å²) in [4.78, 5) is 4.71. The molecule has 8 heteroatoms. The van der Waals surface area contributed by atoms with Crippen LogP contribution in [0.15, 0.2) is 48.5 Å². The first-order chi connectivity index (χ1) is 15.7. The lowest BCUT2D eigenvalue weighted by molar-refractivity contribution is 0.591. The molecule has 0 aliphatic carbocycles. The highest BCUT2D eigenvalue weighted by Gasteiger charge is 2.14. The summed E-state index contributed by atoms with van der Waals surface area (Å²) in [6.07, 6.45) is 5.74. The van der Waals surface area contributed by atoms with E-state index in [1.807, 2.05) is 29.8 Å². The number of aryl methyl sites for hydroxylation is 1. The summed E-state index contributed by atoms with van der Waals surface area (Å²) in [5, 5.41) is 19.2. The summed E-state index contributed by atoms with van der Waals surface area (Å²) in [6, 6.07) is 16.4. The van der Waals surface area contributed by atoms with Gasteiger partial charge in [0, 0.05) is 12.0 Å². The molecule has 0 radical (unpaired) electrons. The molecule has 1 atom stereocenters. The lowest BCUT2D eigenvalue weighted by atomic mass is 9.98. The Morgan fingerprint density at radius 2 is 1.78 bits per heavy atom. The first-order valence-corrected chi connectivity index (χ1v) is 11.3. The van der Waals surface area contributed by atoms with Gasteiger partial charge in [-0.15, -0.1) is 10.2 Å². The zero-order valence-electron chi connectivity index (χ0n) is 18.7. The number of tetrazole rings is 1. The predicted octanol–water partition coefficient (Wildman–Crippen LogP) is 4.32. The van der Waals surface area contributed by atoms with E-state index in [-0.39, 0.29) is 6.04 Å². The van der Waals surface area contributed by atoms with E-state index in [4.69, 9.17) is 10.7 Å². The molecule has 0 spiro atoms. The second kappa shape index (κ2) is 10.3. The fourth-order valence-electron chi connectivity index (χ4n) is 3.78. The number of aromatic nitrogens is 7. The number of nitrogens with zero attached hydrogens (tertiary/aromatic N) is 6. The topological polar surface area (TPSA) is 111 Å². The highest BCUT2D eigenvalue weighted by atomic mass is 15.5.